The van der Waals surface area contributed by atoms with Crippen LogP contribution in [0.25, 0.3) is 22.7 Å². The largest absolute Gasteiger partial charge is 0.459 e. The first kappa shape index (κ1) is 19.8. The normalized spacial score (nSPS) is 13.6. The number of rotatable bonds is 5. The van der Waals surface area contributed by atoms with Crippen LogP contribution in [0.5, 0.6) is 0 Å². The minimum absolute atomic E-state index is 0.00229. The minimum Gasteiger partial charge on any atom is -0.459 e. The Morgan fingerprint density at radius 1 is 1.16 bits per heavy atom. The Kier molecular flexibility index (Phi) is 5.04. The summed E-state index contributed by atoms with van der Waals surface area (Å²) in [6.45, 7) is 1.62. The van der Waals surface area contributed by atoms with Crippen molar-refractivity contribution in [2.24, 2.45) is 0 Å². The van der Waals surface area contributed by atoms with Gasteiger partial charge < -0.3 is 9.40 Å². The van der Waals surface area contributed by atoms with Crippen LogP contribution in [0.4, 0.5) is 5.69 Å². The zero-order chi connectivity index (χ0) is 22.1. The van der Waals surface area contributed by atoms with Crippen LogP contribution in [0, 0.1) is 10.1 Å². The second kappa shape index (κ2) is 8.16. The van der Waals surface area contributed by atoms with Crippen molar-refractivity contribution in [1.29, 1.82) is 0 Å². The van der Waals surface area contributed by atoms with Crippen molar-refractivity contribution >= 4 is 5.69 Å². The van der Waals surface area contributed by atoms with Crippen LogP contribution in [-0.2, 0) is 19.5 Å². The second-order valence-electron chi connectivity index (χ2n) is 7.47. The van der Waals surface area contributed by atoms with Gasteiger partial charge in [0.05, 0.1) is 33.9 Å². The van der Waals surface area contributed by atoms with E-state index in [9.17, 15) is 14.9 Å². The third-order valence-corrected chi connectivity index (χ3v) is 5.39. The standard InChI is InChI=1S/C22H18N6O4/c29-22-17-12-27(8-7-18(17)25-21(26-22)14-9-23-13-24-10-14)11-15-5-6-20(32-15)16-3-1-2-4-19(16)28(30)31/h1-6,9-10,13H,7-8,11-12H2,(H,25,26,29). The van der Waals surface area contributed by atoms with Gasteiger partial charge in [0.15, 0.2) is 0 Å². The van der Waals surface area contributed by atoms with Crippen molar-refractivity contribution in [3.63, 3.8) is 0 Å². The molecule has 0 aliphatic carbocycles. The molecule has 10 nitrogen and oxygen atoms in total. The minimum atomic E-state index is -0.422. The Morgan fingerprint density at radius 2 is 1.97 bits per heavy atom. The number of aromatic amines is 1. The summed E-state index contributed by atoms with van der Waals surface area (Å²) in [5.74, 6) is 1.57. The number of hydrogen-bond donors (Lipinski definition) is 1. The number of furan rings is 1. The van der Waals surface area contributed by atoms with E-state index in [4.69, 9.17) is 4.42 Å². The van der Waals surface area contributed by atoms with E-state index in [-0.39, 0.29) is 11.2 Å². The van der Waals surface area contributed by atoms with E-state index in [1.165, 1.54) is 12.4 Å². The van der Waals surface area contributed by atoms with Gasteiger partial charge in [-0.1, -0.05) is 12.1 Å². The maximum atomic E-state index is 12.7. The number of nitrogens with zero attached hydrogens (tertiary/aromatic N) is 5. The predicted molar refractivity (Wildman–Crippen MR) is 115 cm³/mol. The Labute approximate surface area is 181 Å². The molecule has 4 aromatic rings. The van der Waals surface area contributed by atoms with Crippen molar-refractivity contribution in [3.05, 3.63) is 92.6 Å². The maximum absolute atomic E-state index is 12.7. The van der Waals surface area contributed by atoms with Gasteiger partial charge in [-0.2, -0.15) is 0 Å². The number of nitro benzene ring substituents is 1. The molecule has 0 unspecified atom stereocenters. The molecule has 1 aliphatic heterocycles. The fraction of sp³-hybridized carbons (Fsp3) is 0.182. The van der Waals surface area contributed by atoms with Crippen molar-refractivity contribution in [1.82, 2.24) is 24.8 Å². The number of fused-ring (bicyclic) bond motifs is 1. The Morgan fingerprint density at radius 3 is 2.78 bits per heavy atom. The molecule has 1 aromatic carbocycles. The lowest BCUT2D eigenvalue weighted by Crippen LogP contribution is -2.35. The highest BCUT2D eigenvalue weighted by atomic mass is 16.6. The molecule has 0 spiro atoms. The Hall–Kier alpha value is -4.18. The van der Waals surface area contributed by atoms with Crippen LogP contribution in [0.15, 0.2) is 64.3 Å². The number of benzene rings is 1. The summed E-state index contributed by atoms with van der Waals surface area (Å²) in [7, 11) is 0. The summed E-state index contributed by atoms with van der Waals surface area (Å²) < 4.78 is 5.90. The van der Waals surface area contributed by atoms with E-state index < -0.39 is 4.92 Å². The summed E-state index contributed by atoms with van der Waals surface area (Å²) in [4.78, 5) is 41.0. The lowest BCUT2D eigenvalue weighted by Gasteiger charge is -2.26. The molecule has 3 aromatic heterocycles. The first-order chi connectivity index (χ1) is 15.6. The van der Waals surface area contributed by atoms with Gasteiger partial charge in [-0.15, -0.1) is 0 Å². The van der Waals surface area contributed by atoms with Crippen LogP contribution in [0.1, 0.15) is 17.0 Å². The lowest BCUT2D eigenvalue weighted by atomic mass is 10.1. The number of hydrogen-bond acceptors (Lipinski definition) is 8. The van der Waals surface area contributed by atoms with Gasteiger partial charge in [0.1, 0.15) is 23.7 Å². The van der Waals surface area contributed by atoms with Crippen LogP contribution in [0.3, 0.4) is 0 Å². The quantitative estimate of drug-likeness (QED) is 0.378. The molecular formula is C22H18N6O4. The van der Waals surface area contributed by atoms with Gasteiger partial charge in [-0.05, 0) is 18.2 Å². The number of nitrogens with one attached hydrogen (secondary N) is 1. The molecule has 32 heavy (non-hydrogen) atoms. The number of para-hydroxylation sites is 1. The molecule has 0 amide bonds. The summed E-state index contributed by atoms with van der Waals surface area (Å²) in [6, 6.07) is 10.0. The van der Waals surface area contributed by atoms with E-state index in [1.807, 2.05) is 6.07 Å². The molecule has 0 saturated heterocycles. The Bertz CT molecular complexity index is 1350. The maximum Gasteiger partial charge on any atom is 0.280 e. The summed E-state index contributed by atoms with van der Waals surface area (Å²) in [5, 5.41) is 11.3. The third kappa shape index (κ3) is 3.79. The number of H-pyrrole nitrogens is 1. The molecule has 0 saturated carbocycles. The summed E-state index contributed by atoms with van der Waals surface area (Å²) >= 11 is 0. The topological polar surface area (TPSA) is 131 Å². The predicted octanol–water partition coefficient (Wildman–Crippen LogP) is 2.95. The zero-order valence-electron chi connectivity index (χ0n) is 16.9. The van der Waals surface area contributed by atoms with Gasteiger partial charge in [0.2, 0.25) is 0 Å². The van der Waals surface area contributed by atoms with Crippen molar-refractivity contribution in [3.8, 4) is 22.7 Å². The highest BCUT2D eigenvalue weighted by Crippen LogP contribution is 2.31. The fourth-order valence-electron chi connectivity index (χ4n) is 3.84. The highest BCUT2D eigenvalue weighted by Gasteiger charge is 2.23. The smallest absolute Gasteiger partial charge is 0.280 e. The van der Waals surface area contributed by atoms with Crippen molar-refractivity contribution < 1.29 is 9.34 Å². The van der Waals surface area contributed by atoms with Crippen molar-refractivity contribution in [2.45, 2.75) is 19.5 Å². The van der Waals surface area contributed by atoms with Crippen molar-refractivity contribution in [2.75, 3.05) is 6.54 Å². The zero-order valence-corrected chi connectivity index (χ0v) is 16.9. The van der Waals surface area contributed by atoms with Crippen LogP contribution < -0.4 is 5.56 Å². The first-order valence-corrected chi connectivity index (χ1v) is 10.0. The van der Waals surface area contributed by atoms with E-state index >= 15 is 0 Å². The van der Waals surface area contributed by atoms with E-state index in [1.54, 1.807) is 36.7 Å². The van der Waals surface area contributed by atoms with Gasteiger partial charge in [-0.3, -0.25) is 19.8 Å². The second-order valence-corrected chi connectivity index (χ2v) is 7.47. The van der Waals surface area contributed by atoms with E-state index in [2.05, 4.69) is 24.8 Å². The lowest BCUT2D eigenvalue weighted by molar-refractivity contribution is -0.384. The highest BCUT2D eigenvalue weighted by molar-refractivity contribution is 5.69. The molecule has 10 heteroatoms. The number of aromatic nitrogens is 4. The molecule has 0 atom stereocenters. The molecule has 1 N–H and O–H groups in total. The molecule has 0 fully saturated rings. The third-order valence-electron chi connectivity index (χ3n) is 5.39. The van der Waals surface area contributed by atoms with Crippen LogP contribution in [-0.4, -0.2) is 36.3 Å². The summed E-state index contributed by atoms with van der Waals surface area (Å²) in [6.07, 6.45) is 5.27. The van der Waals surface area contributed by atoms with Gasteiger partial charge in [-0.25, -0.2) is 15.0 Å². The molecule has 1 aliphatic rings. The number of nitro groups is 1. The van der Waals surface area contributed by atoms with Crippen LogP contribution >= 0.6 is 0 Å². The molecular weight excluding hydrogens is 412 g/mol. The first-order valence-electron chi connectivity index (χ1n) is 10.0. The van der Waals surface area contributed by atoms with Crippen LogP contribution in [0.2, 0.25) is 0 Å². The molecule has 4 heterocycles. The molecule has 160 valence electrons. The van der Waals surface area contributed by atoms with E-state index in [0.717, 1.165) is 5.69 Å². The fourth-order valence-corrected chi connectivity index (χ4v) is 3.84. The van der Waals surface area contributed by atoms with Gasteiger partial charge >= 0.3 is 0 Å². The average Bonchev–Trinajstić information content (AvgIpc) is 3.28. The summed E-state index contributed by atoms with van der Waals surface area (Å²) in [5.41, 5.74) is 2.31. The average molecular weight is 430 g/mol. The van der Waals surface area contributed by atoms with Gasteiger partial charge in [0, 0.05) is 38.0 Å². The van der Waals surface area contributed by atoms with Gasteiger partial charge in [0.25, 0.3) is 11.2 Å². The monoisotopic (exact) mass is 430 g/mol. The molecule has 0 radical (unpaired) electrons. The SMILES string of the molecule is O=c1[nH]c(-c2cncnc2)nc2c1CN(Cc1ccc(-c3ccccc3[N+](=O)[O-])o1)CC2. The van der Waals surface area contributed by atoms with E-state index in [0.29, 0.717) is 60.1 Å². The Balaban J connectivity index is 1.35. The molecule has 0 bridgehead atoms. The molecule has 5 rings (SSSR count).